The molecule has 1 aliphatic heterocycles. The largest absolute Gasteiger partial charge is 0.416 e. The van der Waals surface area contributed by atoms with Gasteiger partial charge in [0.15, 0.2) is 10.2 Å². The van der Waals surface area contributed by atoms with Crippen molar-refractivity contribution in [3.8, 4) is 0 Å². The Hall–Kier alpha value is -3.13. The van der Waals surface area contributed by atoms with E-state index in [1.165, 1.54) is 35.2 Å². The molecule has 0 spiro atoms. The maximum absolute atomic E-state index is 12.7. The third-order valence-corrected chi connectivity index (χ3v) is 7.03. The molecule has 1 aliphatic rings. The first-order valence-electron chi connectivity index (χ1n) is 10.1. The number of carbonyl (C=O) groups excluding carboxylic acids is 2. The highest BCUT2D eigenvalue weighted by Gasteiger charge is 2.31. The number of nitrogens with zero attached hydrogens (tertiary/aromatic N) is 5. The van der Waals surface area contributed by atoms with Crippen LogP contribution in [0.15, 0.2) is 39.2 Å². The first kappa shape index (κ1) is 24.0. The molecule has 180 valence electrons. The van der Waals surface area contributed by atoms with Crippen molar-refractivity contribution in [3.63, 3.8) is 0 Å². The molecule has 3 heterocycles. The Morgan fingerprint density at radius 1 is 1.15 bits per heavy atom. The van der Waals surface area contributed by atoms with Gasteiger partial charge in [0.2, 0.25) is 11.0 Å². The Morgan fingerprint density at radius 2 is 1.85 bits per heavy atom. The van der Waals surface area contributed by atoms with Gasteiger partial charge in [0.25, 0.3) is 5.91 Å². The summed E-state index contributed by atoms with van der Waals surface area (Å²) in [6.07, 6.45) is -4.44. The van der Waals surface area contributed by atoms with Crippen LogP contribution in [0.2, 0.25) is 0 Å². The number of hydrogen-bond donors (Lipinski definition) is 1. The van der Waals surface area contributed by atoms with Crippen LogP contribution in [0.5, 0.6) is 0 Å². The minimum absolute atomic E-state index is 0.135. The van der Waals surface area contributed by atoms with E-state index in [0.29, 0.717) is 47.2 Å². The monoisotopic (exact) mass is 512 g/mol. The van der Waals surface area contributed by atoms with Crippen LogP contribution < -0.4 is 10.2 Å². The molecule has 9 nitrogen and oxygen atoms in total. The second-order valence-electron chi connectivity index (χ2n) is 7.36. The molecule has 0 saturated carbocycles. The van der Waals surface area contributed by atoms with Gasteiger partial charge in [-0.05, 0) is 31.2 Å². The minimum atomic E-state index is -4.44. The van der Waals surface area contributed by atoms with Gasteiger partial charge in [0.05, 0.1) is 11.3 Å². The summed E-state index contributed by atoms with van der Waals surface area (Å²) in [7, 11) is 0. The molecule has 1 fully saturated rings. The number of aromatic nitrogens is 3. The molecule has 2 aromatic heterocycles. The lowest BCUT2D eigenvalue weighted by Gasteiger charge is -2.34. The van der Waals surface area contributed by atoms with E-state index in [-0.39, 0.29) is 23.1 Å². The Morgan fingerprint density at radius 3 is 2.47 bits per heavy atom. The SMILES string of the molecule is Cc1cc(NC(=O)CSc2nnc(N3CCN(C(=O)c4ccc(C(F)(F)F)cc4)CC3)s2)no1. The summed E-state index contributed by atoms with van der Waals surface area (Å²) in [6, 6.07) is 5.85. The molecule has 2 amide bonds. The molecule has 0 unspecified atom stereocenters. The normalized spacial score (nSPS) is 14.4. The van der Waals surface area contributed by atoms with E-state index in [2.05, 4.69) is 20.7 Å². The van der Waals surface area contributed by atoms with Gasteiger partial charge >= 0.3 is 6.18 Å². The van der Waals surface area contributed by atoms with Crippen molar-refractivity contribution < 1.29 is 27.3 Å². The molecule has 1 N–H and O–H groups in total. The molecular formula is C20H19F3N6O3S2. The summed E-state index contributed by atoms with van der Waals surface area (Å²) in [5.41, 5.74) is -0.570. The van der Waals surface area contributed by atoms with Crippen LogP contribution in [0.4, 0.5) is 24.1 Å². The lowest BCUT2D eigenvalue weighted by Crippen LogP contribution is -2.48. The second kappa shape index (κ2) is 10.0. The fourth-order valence-electron chi connectivity index (χ4n) is 3.21. The number of amides is 2. The zero-order valence-corrected chi connectivity index (χ0v) is 19.5. The maximum atomic E-state index is 12.7. The number of benzene rings is 1. The summed E-state index contributed by atoms with van der Waals surface area (Å²) in [6.45, 7) is 3.56. The number of carbonyl (C=O) groups is 2. The summed E-state index contributed by atoms with van der Waals surface area (Å²) >= 11 is 2.59. The average molecular weight is 513 g/mol. The molecule has 1 saturated heterocycles. The quantitative estimate of drug-likeness (QED) is 0.500. The number of anilines is 2. The van der Waals surface area contributed by atoms with Crippen molar-refractivity contribution >= 4 is 45.9 Å². The van der Waals surface area contributed by atoms with Crippen molar-refractivity contribution in [1.29, 1.82) is 0 Å². The number of halogens is 3. The van der Waals surface area contributed by atoms with E-state index in [9.17, 15) is 22.8 Å². The molecule has 4 rings (SSSR count). The third kappa shape index (κ3) is 5.86. The summed E-state index contributed by atoms with van der Waals surface area (Å²) < 4.78 is 43.7. The molecule has 14 heteroatoms. The second-order valence-corrected chi connectivity index (χ2v) is 9.54. The van der Waals surface area contributed by atoms with Crippen LogP contribution >= 0.6 is 23.1 Å². The third-order valence-electron chi connectivity index (χ3n) is 4.91. The number of alkyl halides is 3. The number of hydrogen-bond acceptors (Lipinski definition) is 9. The smallest absolute Gasteiger partial charge is 0.360 e. The molecular weight excluding hydrogens is 493 g/mol. The first-order valence-corrected chi connectivity index (χ1v) is 11.9. The van der Waals surface area contributed by atoms with Gasteiger partial charge < -0.3 is 19.6 Å². The van der Waals surface area contributed by atoms with Gasteiger partial charge in [-0.3, -0.25) is 9.59 Å². The van der Waals surface area contributed by atoms with Crippen LogP contribution in [0.1, 0.15) is 21.7 Å². The Bertz CT molecular complexity index is 1160. The highest BCUT2D eigenvalue weighted by atomic mass is 32.2. The van der Waals surface area contributed by atoms with Crippen molar-refractivity contribution in [2.45, 2.75) is 17.4 Å². The van der Waals surface area contributed by atoms with Gasteiger partial charge in [0.1, 0.15) is 5.76 Å². The van der Waals surface area contributed by atoms with E-state index >= 15 is 0 Å². The van der Waals surface area contributed by atoms with Crippen LogP contribution in [-0.4, -0.2) is 64.0 Å². The van der Waals surface area contributed by atoms with Crippen molar-refractivity contribution in [2.75, 3.05) is 42.1 Å². The Kier molecular flexibility index (Phi) is 7.07. The van der Waals surface area contributed by atoms with Gasteiger partial charge in [0, 0.05) is 37.8 Å². The van der Waals surface area contributed by atoms with Crippen molar-refractivity contribution in [2.24, 2.45) is 0 Å². The van der Waals surface area contributed by atoms with Crippen LogP contribution in [0.3, 0.4) is 0 Å². The molecule has 34 heavy (non-hydrogen) atoms. The number of thioether (sulfide) groups is 1. The molecule has 0 aliphatic carbocycles. The molecule has 1 aromatic carbocycles. The Labute approximate surface area is 200 Å². The lowest BCUT2D eigenvalue weighted by molar-refractivity contribution is -0.137. The highest BCUT2D eigenvalue weighted by molar-refractivity contribution is 8.01. The van der Waals surface area contributed by atoms with E-state index in [0.717, 1.165) is 12.1 Å². The van der Waals surface area contributed by atoms with E-state index in [4.69, 9.17) is 4.52 Å². The van der Waals surface area contributed by atoms with Gasteiger partial charge in [-0.2, -0.15) is 13.2 Å². The predicted molar refractivity (Wildman–Crippen MR) is 120 cm³/mol. The molecule has 0 bridgehead atoms. The summed E-state index contributed by atoms with van der Waals surface area (Å²) in [5, 5.41) is 15.3. The van der Waals surface area contributed by atoms with Crippen molar-refractivity contribution in [1.82, 2.24) is 20.3 Å². The van der Waals surface area contributed by atoms with Crippen molar-refractivity contribution in [3.05, 3.63) is 47.2 Å². The fourth-order valence-corrected chi connectivity index (χ4v) is 4.90. The highest BCUT2D eigenvalue weighted by Crippen LogP contribution is 2.30. The van der Waals surface area contributed by atoms with Gasteiger partial charge in [-0.25, -0.2) is 0 Å². The molecule has 0 radical (unpaired) electrons. The average Bonchev–Trinajstić information content (AvgIpc) is 3.46. The zero-order valence-electron chi connectivity index (χ0n) is 17.8. The van der Waals surface area contributed by atoms with Gasteiger partial charge in [-0.15, -0.1) is 10.2 Å². The number of aryl methyl sites for hydroxylation is 1. The fraction of sp³-hybridized carbons (Fsp3) is 0.350. The standard InChI is InChI=1S/C20H19F3N6O3S2/c1-12-10-15(27-32-12)24-16(30)11-33-19-26-25-18(34-19)29-8-6-28(7-9-29)17(31)13-2-4-14(5-3-13)20(21,22)23/h2-5,10H,6-9,11H2,1H3,(H,24,27,30). The first-order chi connectivity index (χ1) is 16.2. The van der Waals surface area contributed by atoms with E-state index in [1.807, 2.05) is 4.90 Å². The van der Waals surface area contributed by atoms with Crippen LogP contribution in [0, 0.1) is 6.92 Å². The van der Waals surface area contributed by atoms with E-state index in [1.54, 1.807) is 17.9 Å². The minimum Gasteiger partial charge on any atom is -0.360 e. The predicted octanol–water partition coefficient (Wildman–Crippen LogP) is 3.55. The number of rotatable bonds is 6. The topological polar surface area (TPSA) is 104 Å². The molecule has 3 aromatic rings. The summed E-state index contributed by atoms with van der Waals surface area (Å²) in [4.78, 5) is 28.3. The van der Waals surface area contributed by atoms with Crippen LogP contribution in [-0.2, 0) is 11.0 Å². The van der Waals surface area contributed by atoms with E-state index < -0.39 is 11.7 Å². The molecule has 0 atom stereocenters. The zero-order chi connectivity index (χ0) is 24.3. The number of piperazine rings is 1. The lowest BCUT2D eigenvalue weighted by atomic mass is 10.1. The maximum Gasteiger partial charge on any atom is 0.416 e. The Balaban J connectivity index is 1.26. The van der Waals surface area contributed by atoms with Gasteiger partial charge in [-0.1, -0.05) is 28.3 Å². The summed E-state index contributed by atoms with van der Waals surface area (Å²) in [5.74, 6) is 0.527. The number of nitrogens with one attached hydrogen (secondary N) is 1. The van der Waals surface area contributed by atoms with Crippen LogP contribution in [0.25, 0.3) is 0 Å².